The molecule has 0 saturated carbocycles. The summed E-state index contributed by atoms with van der Waals surface area (Å²) in [6.07, 6.45) is 11.1. The summed E-state index contributed by atoms with van der Waals surface area (Å²) in [6, 6.07) is 13.6. The highest BCUT2D eigenvalue weighted by atomic mass is 16.2. The van der Waals surface area contributed by atoms with Gasteiger partial charge < -0.3 is 96.5 Å². The zero-order chi connectivity index (χ0) is 83.8. The fraction of sp³-hybridized carbons (Fsp3) is 0.500. The minimum atomic E-state index is -1.14. The lowest BCUT2D eigenvalue weighted by molar-refractivity contribution is -0.137. The number of benzene rings is 4. The van der Waals surface area contributed by atoms with Crippen molar-refractivity contribution >= 4 is 115 Å². The zero-order valence-corrected chi connectivity index (χ0v) is 66.5. The van der Waals surface area contributed by atoms with Gasteiger partial charge in [-0.1, -0.05) is 60.7 Å². The van der Waals surface area contributed by atoms with Gasteiger partial charge in [0.25, 0.3) is 0 Å². The van der Waals surface area contributed by atoms with Crippen molar-refractivity contribution in [2.45, 2.75) is 178 Å². The van der Waals surface area contributed by atoms with Crippen molar-refractivity contribution in [3.63, 3.8) is 0 Å². The highest BCUT2D eigenvalue weighted by molar-refractivity contribution is 6.11. The molecule has 6 heterocycles. The smallest absolute Gasteiger partial charge is 0.245 e. The highest BCUT2D eigenvalue weighted by Gasteiger charge is 2.43. The molecule has 0 radical (unpaired) electrons. The number of nitrogens with two attached hydrogens (primary N) is 4. The normalized spacial score (nSPS) is 20.2. The standard InChI is InChI=1S/C80H108N28O10/c1-43-35-47-21-19-45-37-49(107-41-59(101-103-107)69(111)61-17-9-33-105(61)75(117)57(15-7-31-93-79(85)86)97-63(109)39-95-71(113)55(13-5-29-91-77(81)82)99-73(115)53-11-3-27-89-53)23-25-51(45)67(47)65(43)66-44(2)36-48-22-20-46-38-50(24-26-52(46)68(48)66)108-42-60(102-104-108)70(112)62-18-10-34-106(62)76(118)58(16-8-32-94-80(87)88)98-64(110)40-96-72(114)56(14-6-30-92-78(83)84)100-74(116)54-12-4-28-90-54/h19-26,37-38,41-44,53-58,61-62,89-90H,3-18,27-36,39-40H2,1-2H3,(H,95,113)(H,96,114)(H,97,109)(H,98,110)(H,99,115)(H,100,116)(H4,81,82,91)(H4,83,84,92)(H4,85,86,93)(H4,87,88,94)/b66-65+/t43-,44-,53-,54-,55-,56-,57-,58-,61-,62-/m0/s1. The molecule has 6 aliphatic rings. The number of hydrogen-bond acceptors (Lipinski definition) is 20. The summed E-state index contributed by atoms with van der Waals surface area (Å²) in [4.78, 5) is 142. The van der Waals surface area contributed by atoms with Crippen LogP contribution in [0, 0.1) is 33.5 Å². The Kier molecular flexibility index (Phi) is 28.0. The zero-order valence-electron chi connectivity index (χ0n) is 66.5. The van der Waals surface area contributed by atoms with E-state index in [1.807, 2.05) is 24.3 Å². The predicted octanol–water partition coefficient (Wildman–Crippen LogP) is -0.474. The van der Waals surface area contributed by atoms with Crippen LogP contribution in [0.5, 0.6) is 0 Å². The van der Waals surface area contributed by atoms with Crippen LogP contribution in [0.2, 0.25) is 0 Å². The molecule has 38 nitrogen and oxygen atoms in total. The molecule has 4 aromatic carbocycles. The van der Waals surface area contributed by atoms with Crippen LogP contribution in [0.15, 0.2) is 73.1 Å². The molecule has 12 rings (SSSR count). The van der Waals surface area contributed by atoms with Crippen LogP contribution in [0.25, 0.3) is 44.1 Å². The quantitative estimate of drug-likeness (QED) is 0.0102. The van der Waals surface area contributed by atoms with Gasteiger partial charge in [-0.25, -0.2) is 9.36 Å². The molecule has 0 unspecified atom stereocenters. The Morgan fingerprint density at radius 2 is 0.839 bits per heavy atom. The number of hydrogen-bond donors (Lipinski definition) is 20. The second-order valence-corrected chi connectivity index (χ2v) is 31.3. The number of rotatable bonds is 36. The van der Waals surface area contributed by atoms with Crippen LogP contribution in [0.1, 0.15) is 160 Å². The van der Waals surface area contributed by atoms with Crippen molar-refractivity contribution in [2.75, 3.05) is 65.4 Å². The fourth-order valence-corrected chi connectivity index (χ4v) is 17.1. The Balaban J connectivity index is 0.710. The van der Waals surface area contributed by atoms with E-state index in [0.29, 0.717) is 88.7 Å². The van der Waals surface area contributed by atoms with Crippen LogP contribution in [-0.2, 0) is 51.2 Å². The Morgan fingerprint density at radius 3 is 1.19 bits per heavy atom. The molecule has 2 aliphatic carbocycles. The SMILES string of the molecule is C[C@H]1Cc2ccc3cc(-n4cc(C(=O)[C@@H]5CCCN5C(=O)[C@H](CCCNC(=N)N)NC(=O)CNC(=O)[C@H](CCCNC(=N)N)NC(=O)[C@@H]5CCCN5)nn4)ccc3c2/C1=C1/c2c(ccc3cc(-n4cc(C(=O)[C@@H]5CCCN5C(=O)[C@H](CCCNC(=N)N)NC(=O)CNC(=O)[C@H](CCCNC(=N)N)NC(=O)[C@@H]5CCCN5)nn4)ccc23)C[C@@H]1C. The number of guanidine groups is 4. The number of nitrogens with zero attached hydrogens (tertiary/aromatic N) is 8. The molecule has 10 atom stereocenters. The first kappa shape index (κ1) is 84.9. The summed E-state index contributed by atoms with van der Waals surface area (Å²) in [5.41, 5.74) is 30.7. The lowest BCUT2D eigenvalue weighted by Crippen LogP contribution is -2.55. The summed E-state index contributed by atoms with van der Waals surface area (Å²) in [5.74, 6) is -5.87. The first-order valence-corrected chi connectivity index (χ1v) is 40.7. The summed E-state index contributed by atoms with van der Waals surface area (Å²) < 4.78 is 3.09. The molecule has 628 valence electrons. The van der Waals surface area contributed by atoms with Gasteiger partial charge in [0.15, 0.2) is 35.2 Å². The number of Topliss-reactive ketones (excluding diaryl/α,β-unsaturated/α-hetero) is 2. The van der Waals surface area contributed by atoms with Crippen molar-refractivity contribution < 1.29 is 47.9 Å². The molecule has 4 aliphatic heterocycles. The Labute approximate surface area is 681 Å². The summed E-state index contributed by atoms with van der Waals surface area (Å²) >= 11 is 0. The van der Waals surface area contributed by atoms with Crippen molar-refractivity contribution in [2.24, 2.45) is 34.8 Å². The number of carbonyl (C=O) groups is 10. The maximum Gasteiger partial charge on any atom is 0.245 e. The number of fused-ring (bicyclic) bond motifs is 6. The average molecular weight is 1620 g/mol. The largest absolute Gasteiger partial charge is 0.370 e. The van der Waals surface area contributed by atoms with E-state index in [0.717, 1.165) is 47.2 Å². The molecule has 0 bridgehead atoms. The van der Waals surface area contributed by atoms with E-state index in [1.54, 1.807) is 21.8 Å². The van der Waals surface area contributed by atoms with Gasteiger partial charge in [-0.2, -0.15) is 0 Å². The molecule has 118 heavy (non-hydrogen) atoms. The average Bonchev–Trinajstić information content (AvgIpc) is 1.56. The molecule has 24 N–H and O–H groups in total. The Bertz CT molecular complexity index is 4570. The third kappa shape index (κ3) is 20.7. The topological polar surface area (TPSA) is 582 Å². The van der Waals surface area contributed by atoms with E-state index in [9.17, 15) is 47.9 Å². The van der Waals surface area contributed by atoms with Crippen LogP contribution >= 0.6 is 0 Å². The second-order valence-electron chi connectivity index (χ2n) is 31.3. The number of nitrogens with one attached hydrogen (secondary N) is 16. The third-order valence-corrected chi connectivity index (χ3v) is 22.8. The van der Waals surface area contributed by atoms with Crippen molar-refractivity contribution in [1.29, 1.82) is 21.6 Å². The summed E-state index contributed by atoms with van der Waals surface area (Å²) in [5, 5.41) is 85.1. The Morgan fingerprint density at radius 1 is 0.466 bits per heavy atom. The van der Waals surface area contributed by atoms with E-state index in [2.05, 4.69) is 135 Å². The maximum absolute atomic E-state index is 14.6. The monoisotopic (exact) mass is 1620 g/mol. The molecule has 8 amide bonds. The van der Waals surface area contributed by atoms with Crippen molar-refractivity contribution in [3.05, 3.63) is 107 Å². The van der Waals surface area contributed by atoms with Crippen molar-refractivity contribution in [3.8, 4) is 11.4 Å². The Hall–Kier alpha value is -12.5. The van der Waals surface area contributed by atoms with Crippen LogP contribution in [0.4, 0.5) is 0 Å². The highest BCUT2D eigenvalue weighted by Crippen LogP contribution is 2.52. The molecular weight excluding hydrogens is 1510 g/mol. The van der Waals surface area contributed by atoms with Gasteiger partial charge in [-0.3, -0.25) is 69.6 Å². The molecule has 2 aromatic heterocycles. The number of aromatic nitrogens is 6. The summed E-state index contributed by atoms with van der Waals surface area (Å²) in [7, 11) is 0. The molecular formula is C80H108N28O10. The summed E-state index contributed by atoms with van der Waals surface area (Å²) in [6.45, 7) is 6.22. The minimum Gasteiger partial charge on any atom is -0.370 e. The van der Waals surface area contributed by atoms with Crippen molar-refractivity contribution in [1.82, 2.24) is 104 Å². The van der Waals surface area contributed by atoms with E-state index in [1.165, 1.54) is 43.2 Å². The first-order valence-electron chi connectivity index (χ1n) is 40.7. The van der Waals surface area contributed by atoms with Crippen LogP contribution < -0.4 is 86.7 Å². The van der Waals surface area contributed by atoms with Crippen LogP contribution in [-0.4, -0.2) is 236 Å². The number of allylic oxidation sites excluding steroid dienone is 2. The fourth-order valence-electron chi connectivity index (χ4n) is 17.1. The molecule has 4 saturated heterocycles. The molecule has 0 spiro atoms. The van der Waals surface area contributed by atoms with E-state index < -0.39 is 108 Å². The maximum atomic E-state index is 14.6. The van der Waals surface area contributed by atoms with Gasteiger partial charge in [-0.05, 0) is 220 Å². The number of carbonyl (C=O) groups excluding carboxylic acids is 10. The first-order chi connectivity index (χ1) is 56.8. The van der Waals surface area contributed by atoms with Crippen LogP contribution in [0.3, 0.4) is 0 Å². The lowest BCUT2D eigenvalue weighted by Gasteiger charge is -2.28. The third-order valence-electron chi connectivity index (χ3n) is 22.8. The van der Waals surface area contributed by atoms with E-state index in [4.69, 9.17) is 44.6 Å². The second kappa shape index (κ2) is 39.0. The van der Waals surface area contributed by atoms with Gasteiger partial charge in [0.05, 0.1) is 61.0 Å². The van der Waals surface area contributed by atoms with Gasteiger partial charge >= 0.3 is 0 Å². The van der Waals surface area contributed by atoms with Gasteiger partial charge in [0.1, 0.15) is 24.2 Å². The predicted molar refractivity (Wildman–Crippen MR) is 441 cm³/mol. The minimum absolute atomic E-state index is 0.0428. The van der Waals surface area contributed by atoms with Gasteiger partial charge in [0.2, 0.25) is 58.8 Å². The lowest BCUT2D eigenvalue weighted by atomic mass is 9.85. The van der Waals surface area contributed by atoms with E-state index in [-0.39, 0.29) is 124 Å². The molecule has 4 fully saturated rings. The van der Waals surface area contributed by atoms with Gasteiger partial charge in [-0.15, -0.1) is 10.2 Å². The molecule has 6 aromatic rings. The van der Waals surface area contributed by atoms with E-state index >= 15 is 0 Å². The number of ketones is 2. The van der Waals surface area contributed by atoms with Gasteiger partial charge in [0, 0.05) is 39.3 Å². The molecule has 38 heteroatoms. The number of amides is 8. The number of likely N-dealkylation sites (tertiary alicyclic amines) is 2.